The molecule has 0 spiro atoms. The molecule has 0 aromatic heterocycles. The molecule has 0 amide bonds. The Bertz CT molecular complexity index is 433. The number of carboxylic acid groups (broad SMARTS) is 1. The highest BCUT2D eigenvalue weighted by Gasteiger charge is 2.23. The highest BCUT2D eigenvalue weighted by molar-refractivity contribution is 5.69. The molecule has 1 aromatic carbocycles. The zero-order valence-corrected chi connectivity index (χ0v) is 12.5. The minimum Gasteiger partial charge on any atom is -0.481 e. The molecule has 2 rings (SSSR count). The fraction of sp³-hybridized carbons (Fsp3) is 0.588. The Kier molecular flexibility index (Phi) is 5.18. The number of carbonyl (C=O) groups is 1. The van der Waals surface area contributed by atoms with Gasteiger partial charge in [-0.1, -0.05) is 36.8 Å². The van der Waals surface area contributed by atoms with E-state index in [9.17, 15) is 4.79 Å². The lowest BCUT2D eigenvalue weighted by Gasteiger charge is -2.32. The van der Waals surface area contributed by atoms with Gasteiger partial charge in [0.25, 0.3) is 0 Å². The number of aliphatic carboxylic acids is 1. The fourth-order valence-corrected chi connectivity index (χ4v) is 2.93. The van der Waals surface area contributed by atoms with Crippen LogP contribution in [0.15, 0.2) is 24.3 Å². The summed E-state index contributed by atoms with van der Waals surface area (Å²) in [4.78, 5) is 13.4. The largest absolute Gasteiger partial charge is 0.481 e. The van der Waals surface area contributed by atoms with Crippen molar-refractivity contribution in [2.75, 3.05) is 13.1 Å². The molecule has 3 nitrogen and oxygen atoms in total. The molecule has 3 heteroatoms. The Morgan fingerprint density at radius 3 is 2.45 bits per heavy atom. The summed E-state index contributed by atoms with van der Waals surface area (Å²) in [7, 11) is 0. The van der Waals surface area contributed by atoms with Gasteiger partial charge in [0.2, 0.25) is 0 Å². The van der Waals surface area contributed by atoms with Crippen LogP contribution in [0, 0.1) is 18.8 Å². The Labute approximate surface area is 121 Å². The first-order valence-corrected chi connectivity index (χ1v) is 7.55. The van der Waals surface area contributed by atoms with Crippen LogP contribution in [0.25, 0.3) is 0 Å². The standard InChI is InChI=1S/C17H25NO2/c1-13-3-5-16(6-4-13)12-18-9-7-15(8-10-18)11-14(2)17(19)20/h3-6,14-15H,7-12H2,1-2H3,(H,19,20). The third-order valence-corrected chi connectivity index (χ3v) is 4.34. The van der Waals surface area contributed by atoms with Crippen molar-refractivity contribution >= 4 is 5.97 Å². The predicted molar refractivity (Wildman–Crippen MR) is 80.6 cm³/mol. The monoisotopic (exact) mass is 275 g/mol. The van der Waals surface area contributed by atoms with E-state index < -0.39 is 5.97 Å². The number of rotatable bonds is 5. The van der Waals surface area contributed by atoms with Gasteiger partial charge in [0.1, 0.15) is 0 Å². The number of benzene rings is 1. The van der Waals surface area contributed by atoms with Crippen LogP contribution in [-0.2, 0) is 11.3 Å². The van der Waals surface area contributed by atoms with Crippen molar-refractivity contribution in [2.24, 2.45) is 11.8 Å². The van der Waals surface area contributed by atoms with E-state index in [-0.39, 0.29) is 5.92 Å². The predicted octanol–water partition coefficient (Wildman–Crippen LogP) is 3.32. The summed E-state index contributed by atoms with van der Waals surface area (Å²) in [5.74, 6) is -0.286. The highest BCUT2D eigenvalue weighted by atomic mass is 16.4. The molecule has 1 fully saturated rings. The van der Waals surface area contributed by atoms with E-state index in [1.807, 2.05) is 6.92 Å². The molecular formula is C17H25NO2. The van der Waals surface area contributed by atoms with Crippen molar-refractivity contribution in [1.29, 1.82) is 0 Å². The smallest absolute Gasteiger partial charge is 0.306 e. The number of hydrogen-bond acceptors (Lipinski definition) is 2. The topological polar surface area (TPSA) is 40.5 Å². The number of aryl methyl sites for hydroxylation is 1. The maximum atomic E-state index is 10.9. The first-order chi connectivity index (χ1) is 9.54. The summed E-state index contributed by atoms with van der Waals surface area (Å²) in [6.07, 6.45) is 3.08. The van der Waals surface area contributed by atoms with Crippen LogP contribution in [0.3, 0.4) is 0 Å². The molecule has 110 valence electrons. The molecule has 0 bridgehead atoms. The van der Waals surface area contributed by atoms with Crippen molar-refractivity contribution < 1.29 is 9.90 Å². The van der Waals surface area contributed by atoms with Crippen LogP contribution < -0.4 is 0 Å². The number of piperidine rings is 1. The molecule has 20 heavy (non-hydrogen) atoms. The summed E-state index contributed by atoms with van der Waals surface area (Å²) in [6, 6.07) is 8.73. The van der Waals surface area contributed by atoms with E-state index in [0.717, 1.165) is 38.9 Å². The molecule has 1 atom stereocenters. The minimum atomic E-state index is -0.660. The molecule has 1 unspecified atom stereocenters. The van der Waals surface area contributed by atoms with Gasteiger partial charge in [0, 0.05) is 6.54 Å². The molecule has 0 saturated carbocycles. The van der Waals surface area contributed by atoms with Crippen molar-refractivity contribution in [1.82, 2.24) is 4.90 Å². The van der Waals surface area contributed by atoms with Crippen LogP contribution in [0.2, 0.25) is 0 Å². The van der Waals surface area contributed by atoms with Crippen LogP contribution in [0.1, 0.15) is 37.3 Å². The lowest BCUT2D eigenvalue weighted by Crippen LogP contribution is -2.34. The molecule has 1 saturated heterocycles. The number of likely N-dealkylation sites (tertiary alicyclic amines) is 1. The minimum absolute atomic E-state index is 0.205. The van der Waals surface area contributed by atoms with Crippen molar-refractivity contribution in [2.45, 2.75) is 39.7 Å². The van der Waals surface area contributed by atoms with Gasteiger partial charge >= 0.3 is 5.97 Å². The number of nitrogens with zero attached hydrogens (tertiary/aromatic N) is 1. The Hall–Kier alpha value is -1.35. The quantitative estimate of drug-likeness (QED) is 0.896. The zero-order chi connectivity index (χ0) is 14.5. The van der Waals surface area contributed by atoms with Crippen LogP contribution in [0.4, 0.5) is 0 Å². The van der Waals surface area contributed by atoms with Crippen LogP contribution >= 0.6 is 0 Å². The second kappa shape index (κ2) is 6.89. The number of hydrogen-bond donors (Lipinski definition) is 1. The molecular weight excluding hydrogens is 250 g/mol. The summed E-state index contributed by atoms with van der Waals surface area (Å²) in [5.41, 5.74) is 2.67. The molecule has 0 aliphatic carbocycles. The average Bonchev–Trinajstić information content (AvgIpc) is 2.43. The van der Waals surface area contributed by atoms with Gasteiger partial charge in [-0.05, 0) is 50.8 Å². The van der Waals surface area contributed by atoms with E-state index in [2.05, 4.69) is 36.1 Å². The average molecular weight is 275 g/mol. The maximum Gasteiger partial charge on any atom is 0.306 e. The van der Waals surface area contributed by atoms with E-state index >= 15 is 0 Å². The van der Waals surface area contributed by atoms with E-state index in [4.69, 9.17) is 5.11 Å². The van der Waals surface area contributed by atoms with E-state index in [1.165, 1.54) is 11.1 Å². The van der Waals surface area contributed by atoms with Crippen molar-refractivity contribution in [3.63, 3.8) is 0 Å². The van der Waals surface area contributed by atoms with Crippen LogP contribution in [-0.4, -0.2) is 29.1 Å². The lowest BCUT2D eigenvalue weighted by molar-refractivity contribution is -0.141. The second-order valence-corrected chi connectivity index (χ2v) is 6.18. The molecule has 1 aromatic rings. The first kappa shape index (κ1) is 15.0. The van der Waals surface area contributed by atoms with Crippen LogP contribution in [0.5, 0.6) is 0 Å². The van der Waals surface area contributed by atoms with Gasteiger partial charge in [-0.25, -0.2) is 0 Å². The Morgan fingerprint density at radius 2 is 1.90 bits per heavy atom. The van der Waals surface area contributed by atoms with E-state index in [0.29, 0.717) is 5.92 Å². The van der Waals surface area contributed by atoms with Crippen molar-refractivity contribution in [3.05, 3.63) is 35.4 Å². The van der Waals surface area contributed by atoms with Gasteiger partial charge < -0.3 is 5.11 Å². The molecule has 1 aliphatic rings. The van der Waals surface area contributed by atoms with Gasteiger partial charge in [0.05, 0.1) is 5.92 Å². The highest BCUT2D eigenvalue weighted by Crippen LogP contribution is 2.25. The fourth-order valence-electron chi connectivity index (χ4n) is 2.93. The summed E-state index contributed by atoms with van der Waals surface area (Å²) in [6.45, 7) is 7.12. The van der Waals surface area contributed by atoms with Crippen molar-refractivity contribution in [3.8, 4) is 0 Å². The normalized spacial score (nSPS) is 18.9. The number of carboxylic acids is 1. The first-order valence-electron chi connectivity index (χ1n) is 7.55. The molecule has 1 aliphatic heterocycles. The molecule has 1 heterocycles. The van der Waals surface area contributed by atoms with Gasteiger partial charge in [-0.3, -0.25) is 9.69 Å². The third-order valence-electron chi connectivity index (χ3n) is 4.34. The summed E-state index contributed by atoms with van der Waals surface area (Å²) in [5, 5.41) is 8.97. The molecule has 0 radical (unpaired) electrons. The van der Waals surface area contributed by atoms with Gasteiger partial charge in [-0.2, -0.15) is 0 Å². The Morgan fingerprint density at radius 1 is 1.30 bits per heavy atom. The summed E-state index contributed by atoms with van der Waals surface area (Å²) >= 11 is 0. The molecule has 1 N–H and O–H groups in total. The maximum absolute atomic E-state index is 10.9. The van der Waals surface area contributed by atoms with Gasteiger partial charge in [-0.15, -0.1) is 0 Å². The second-order valence-electron chi connectivity index (χ2n) is 6.18. The SMILES string of the molecule is Cc1ccc(CN2CCC(CC(C)C(=O)O)CC2)cc1. The van der Waals surface area contributed by atoms with E-state index in [1.54, 1.807) is 0 Å². The third kappa shape index (κ3) is 4.34. The zero-order valence-electron chi connectivity index (χ0n) is 12.5. The Balaban J connectivity index is 1.76. The van der Waals surface area contributed by atoms with Gasteiger partial charge in [0.15, 0.2) is 0 Å². The lowest BCUT2D eigenvalue weighted by atomic mass is 9.88. The summed E-state index contributed by atoms with van der Waals surface area (Å²) < 4.78 is 0.